The van der Waals surface area contributed by atoms with E-state index in [1.807, 2.05) is 13.1 Å². The fourth-order valence-electron chi connectivity index (χ4n) is 2.11. The summed E-state index contributed by atoms with van der Waals surface area (Å²) in [6, 6.07) is 14.9. The molecule has 0 aliphatic carbocycles. The predicted molar refractivity (Wildman–Crippen MR) is 75.9 cm³/mol. The summed E-state index contributed by atoms with van der Waals surface area (Å²) in [5, 5.41) is 3.17. The Balaban J connectivity index is 2.43. The van der Waals surface area contributed by atoms with Crippen molar-refractivity contribution in [1.29, 1.82) is 0 Å². The molecule has 94 valence electrons. The average Bonchev–Trinajstić information content (AvgIpc) is 2.39. The molecule has 0 heterocycles. The zero-order valence-corrected chi connectivity index (χ0v) is 11.2. The number of ether oxygens (including phenoxy) is 1. The van der Waals surface area contributed by atoms with Crippen molar-refractivity contribution in [2.45, 2.75) is 13.5 Å². The smallest absolute Gasteiger partial charge is 0.123 e. The van der Waals surface area contributed by atoms with Crippen molar-refractivity contribution < 1.29 is 4.74 Å². The Hall–Kier alpha value is -1.80. The molecule has 18 heavy (non-hydrogen) atoms. The molecule has 0 aromatic heterocycles. The first kappa shape index (κ1) is 12.7. The molecule has 0 aliphatic heterocycles. The summed E-state index contributed by atoms with van der Waals surface area (Å²) >= 11 is 0. The summed E-state index contributed by atoms with van der Waals surface area (Å²) < 4.78 is 5.37. The van der Waals surface area contributed by atoms with Crippen molar-refractivity contribution in [3.63, 3.8) is 0 Å². The lowest BCUT2D eigenvalue weighted by Crippen LogP contribution is -2.06. The van der Waals surface area contributed by atoms with Gasteiger partial charge in [-0.05, 0) is 37.2 Å². The van der Waals surface area contributed by atoms with Crippen LogP contribution in [0.3, 0.4) is 0 Å². The molecular formula is C16H19NO. The highest BCUT2D eigenvalue weighted by atomic mass is 16.5. The minimum atomic E-state index is 0.808. The van der Waals surface area contributed by atoms with Crippen LogP contribution in [0.4, 0.5) is 0 Å². The summed E-state index contributed by atoms with van der Waals surface area (Å²) in [6.07, 6.45) is 0. The number of nitrogens with one attached hydrogen (secondary N) is 1. The van der Waals surface area contributed by atoms with Gasteiger partial charge >= 0.3 is 0 Å². The van der Waals surface area contributed by atoms with Crippen LogP contribution in [0.5, 0.6) is 5.75 Å². The first-order valence-electron chi connectivity index (χ1n) is 6.13. The molecular weight excluding hydrogens is 222 g/mol. The normalized spacial score (nSPS) is 10.4. The van der Waals surface area contributed by atoms with Crippen molar-refractivity contribution in [2.24, 2.45) is 0 Å². The third-order valence-corrected chi connectivity index (χ3v) is 3.00. The van der Waals surface area contributed by atoms with E-state index >= 15 is 0 Å². The quantitative estimate of drug-likeness (QED) is 0.886. The van der Waals surface area contributed by atoms with Gasteiger partial charge < -0.3 is 10.1 Å². The van der Waals surface area contributed by atoms with E-state index < -0.39 is 0 Å². The van der Waals surface area contributed by atoms with Crippen molar-refractivity contribution in [2.75, 3.05) is 14.2 Å². The molecule has 0 spiro atoms. The molecule has 2 rings (SSSR count). The van der Waals surface area contributed by atoms with Crippen molar-refractivity contribution in [3.8, 4) is 16.9 Å². The predicted octanol–water partition coefficient (Wildman–Crippen LogP) is 3.39. The number of benzene rings is 2. The van der Waals surface area contributed by atoms with E-state index in [9.17, 15) is 0 Å². The maximum Gasteiger partial charge on any atom is 0.123 e. The van der Waals surface area contributed by atoms with Gasteiger partial charge in [0.25, 0.3) is 0 Å². The Morgan fingerprint density at radius 1 is 1.06 bits per heavy atom. The van der Waals surface area contributed by atoms with Gasteiger partial charge in [0.1, 0.15) is 5.75 Å². The van der Waals surface area contributed by atoms with Crippen LogP contribution in [0.25, 0.3) is 11.1 Å². The first-order chi connectivity index (χ1) is 8.74. The third-order valence-electron chi connectivity index (χ3n) is 3.00. The van der Waals surface area contributed by atoms with Gasteiger partial charge in [-0.3, -0.25) is 0 Å². The zero-order valence-electron chi connectivity index (χ0n) is 11.2. The van der Waals surface area contributed by atoms with E-state index in [-0.39, 0.29) is 0 Å². The lowest BCUT2D eigenvalue weighted by Gasteiger charge is -2.11. The van der Waals surface area contributed by atoms with Crippen LogP contribution >= 0.6 is 0 Å². The van der Waals surface area contributed by atoms with Crippen LogP contribution in [0.2, 0.25) is 0 Å². The first-order valence-corrected chi connectivity index (χ1v) is 6.13. The number of aryl methyl sites for hydroxylation is 1. The third kappa shape index (κ3) is 2.71. The Morgan fingerprint density at radius 3 is 2.50 bits per heavy atom. The van der Waals surface area contributed by atoms with Gasteiger partial charge in [-0.1, -0.05) is 35.9 Å². The van der Waals surface area contributed by atoms with Crippen molar-refractivity contribution >= 4 is 0 Å². The van der Waals surface area contributed by atoms with E-state index in [0.29, 0.717) is 0 Å². The molecule has 0 unspecified atom stereocenters. The molecule has 0 atom stereocenters. The SMILES string of the molecule is CNCc1cc(-c2cccc(C)c2)ccc1OC. The van der Waals surface area contributed by atoms with E-state index in [0.717, 1.165) is 12.3 Å². The summed E-state index contributed by atoms with van der Waals surface area (Å²) in [4.78, 5) is 0. The molecule has 2 heteroatoms. The van der Waals surface area contributed by atoms with Crippen LogP contribution in [0, 0.1) is 6.92 Å². The lowest BCUT2D eigenvalue weighted by atomic mass is 10.0. The highest BCUT2D eigenvalue weighted by molar-refractivity contribution is 5.66. The maximum atomic E-state index is 5.37. The van der Waals surface area contributed by atoms with E-state index in [2.05, 4.69) is 48.6 Å². The number of hydrogen-bond acceptors (Lipinski definition) is 2. The number of methoxy groups -OCH3 is 1. The van der Waals surface area contributed by atoms with Gasteiger partial charge in [0, 0.05) is 12.1 Å². The fraction of sp³-hybridized carbons (Fsp3) is 0.250. The molecule has 0 fully saturated rings. The van der Waals surface area contributed by atoms with Gasteiger partial charge in [-0.15, -0.1) is 0 Å². The minimum Gasteiger partial charge on any atom is -0.496 e. The molecule has 0 saturated carbocycles. The van der Waals surface area contributed by atoms with Gasteiger partial charge in [0.05, 0.1) is 7.11 Å². The zero-order chi connectivity index (χ0) is 13.0. The van der Waals surface area contributed by atoms with Crippen LogP contribution in [-0.2, 0) is 6.54 Å². The van der Waals surface area contributed by atoms with Gasteiger partial charge in [0.15, 0.2) is 0 Å². The largest absolute Gasteiger partial charge is 0.496 e. The molecule has 2 aromatic rings. The molecule has 0 aliphatic rings. The Kier molecular flexibility index (Phi) is 4.00. The molecule has 0 radical (unpaired) electrons. The second-order valence-electron chi connectivity index (χ2n) is 4.43. The molecule has 1 N–H and O–H groups in total. The Labute approximate surface area is 109 Å². The second kappa shape index (κ2) is 5.69. The van der Waals surface area contributed by atoms with Crippen LogP contribution < -0.4 is 10.1 Å². The molecule has 2 nitrogen and oxygen atoms in total. The number of hydrogen-bond donors (Lipinski definition) is 1. The van der Waals surface area contributed by atoms with Gasteiger partial charge in [-0.2, -0.15) is 0 Å². The fourth-order valence-corrected chi connectivity index (χ4v) is 2.11. The van der Waals surface area contributed by atoms with Crippen LogP contribution in [0.1, 0.15) is 11.1 Å². The summed E-state index contributed by atoms with van der Waals surface area (Å²) in [5.74, 6) is 0.931. The van der Waals surface area contributed by atoms with E-state index in [1.54, 1.807) is 7.11 Å². The molecule has 2 aromatic carbocycles. The average molecular weight is 241 g/mol. The highest BCUT2D eigenvalue weighted by Crippen LogP contribution is 2.27. The van der Waals surface area contributed by atoms with Crippen molar-refractivity contribution in [1.82, 2.24) is 5.32 Å². The van der Waals surface area contributed by atoms with Gasteiger partial charge in [0.2, 0.25) is 0 Å². The lowest BCUT2D eigenvalue weighted by molar-refractivity contribution is 0.408. The monoisotopic (exact) mass is 241 g/mol. The summed E-state index contributed by atoms with van der Waals surface area (Å²) in [5.41, 5.74) is 4.93. The standard InChI is InChI=1S/C16H19NO/c1-12-5-4-6-13(9-12)14-7-8-16(18-3)15(10-14)11-17-2/h4-10,17H,11H2,1-3H3. The molecule has 0 bridgehead atoms. The minimum absolute atomic E-state index is 0.808. The Bertz CT molecular complexity index is 534. The summed E-state index contributed by atoms with van der Waals surface area (Å²) in [6.45, 7) is 2.92. The molecule has 0 amide bonds. The second-order valence-corrected chi connectivity index (χ2v) is 4.43. The van der Waals surface area contributed by atoms with Crippen molar-refractivity contribution in [3.05, 3.63) is 53.6 Å². The highest BCUT2D eigenvalue weighted by Gasteiger charge is 2.05. The number of rotatable bonds is 4. The van der Waals surface area contributed by atoms with Crippen LogP contribution in [-0.4, -0.2) is 14.2 Å². The maximum absolute atomic E-state index is 5.37. The topological polar surface area (TPSA) is 21.3 Å². The Morgan fingerprint density at radius 2 is 1.83 bits per heavy atom. The molecule has 0 saturated heterocycles. The van der Waals surface area contributed by atoms with E-state index in [1.165, 1.54) is 22.3 Å². The van der Waals surface area contributed by atoms with Gasteiger partial charge in [-0.25, -0.2) is 0 Å². The van der Waals surface area contributed by atoms with Crippen LogP contribution in [0.15, 0.2) is 42.5 Å². The van der Waals surface area contributed by atoms with E-state index in [4.69, 9.17) is 4.74 Å². The summed E-state index contributed by atoms with van der Waals surface area (Å²) in [7, 11) is 3.65.